The highest BCUT2D eigenvalue weighted by molar-refractivity contribution is 7.13. The molecule has 196 valence electrons. The van der Waals surface area contributed by atoms with Gasteiger partial charge in [0.25, 0.3) is 5.69 Å². The summed E-state index contributed by atoms with van der Waals surface area (Å²) in [5, 5.41) is 15.5. The number of fused-ring (bicyclic) bond motifs is 2. The molecule has 1 amide bonds. The molecule has 1 aliphatic carbocycles. The van der Waals surface area contributed by atoms with Crippen molar-refractivity contribution in [2.75, 3.05) is 51.0 Å². The van der Waals surface area contributed by atoms with Crippen LogP contribution in [0.2, 0.25) is 0 Å². The van der Waals surface area contributed by atoms with Crippen LogP contribution in [0, 0.1) is 22.0 Å². The van der Waals surface area contributed by atoms with E-state index in [1.807, 2.05) is 6.07 Å². The molecule has 2 atom stereocenters. The van der Waals surface area contributed by atoms with Crippen molar-refractivity contribution in [1.29, 1.82) is 0 Å². The molecule has 0 spiro atoms. The number of aromatic nitrogens is 1. The maximum absolute atomic E-state index is 12.4. The molecule has 11 heteroatoms. The van der Waals surface area contributed by atoms with Crippen molar-refractivity contribution in [2.24, 2.45) is 11.8 Å². The normalized spacial score (nSPS) is 20.8. The number of ether oxygens (including phenoxy) is 2. The SMILES string of the molecule is C=C1[C@H](CNC(=O)/C=C/c2cc3c(cc2[N+](=O)[O-])OCO3)[C@H]1CN1CCN(c2nsc3ccccc23)CC1. The second-order valence-electron chi connectivity index (χ2n) is 9.68. The molecule has 38 heavy (non-hydrogen) atoms. The molecule has 1 saturated carbocycles. The van der Waals surface area contributed by atoms with Crippen molar-refractivity contribution in [3.05, 3.63) is 70.3 Å². The van der Waals surface area contributed by atoms with Gasteiger partial charge in [0, 0.05) is 62.6 Å². The topological polar surface area (TPSA) is 110 Å². The Hall–Kier alpha value is -3.96. The molecular weight excluding hydrogens is 506 g/mol. The number of nitro groups is 1. The molecule has 6 rings (SSSR count). The maximum Gasteiger partial charge on any atom is 0.280 e. The number of benzene rings is 2. The summed E-state index contributed by atoms with van der Waals surface area (Å²) in [6.07, 6.45) is 2.74. The summed E-state index contributed by atoms with van der Waals surface area (Å²) in [5.74, 6) is 2.14. The van der Waals surface area contributed by atoms with Gasteiger partial charge in [-0.15, -0.1) is 0 Å². The van der Waals surface area contributed by atoms with Gasteiger partial charge in [-0.3, -0.25) is 19.8 Å². The van der Waals surface area contributed by atoms with Crippen molar-refractivity contribution in [2.45, 2.75) is 0 Å². The highest BCUT2D eigenvalue weighted by Crippen LogP contribution is 2.44. The van der Waals surface area contributed by atoms with Crippen LogP contribution in [0.3, 0.4) is 0 Å². The number of rotatable bonds is 8. The lowest BCUT2D eigenvalue weighted by molar-refractivity contribution is -0.385. The fourth-order valence-electron chi connectivity index (χ4n) is 5.16. The van der Waals surface area contributed by atoms with Crippen LogP contribution in [0.5, 0.6) is 11.5 Å². The van der Waals surface area contributed by atoms with Crippen molar-refractivity contribution in [3.8, 4) is 11.5 Å². The zero-order chi connectivity index (χ0) is 26.2. The number of carbonyl (C=O) groups excluding carboxylic acids is 1. The van der Waals surface area contributed by atoms with E-state index < -0.39 is 4.92 Å². The summed E-state index contributed by atoms with van der Waals surface area (Å²) in [5.41, 5.74) is 1.30. The minimum atomic E-state index is -0.503. The number of nitro benzene ring substituents is 1. The summed E-state index contributed by atoms with van der Waals surface area (Å²) in [4.78, 5) is 28.2. The number of anilines is 1. The van der Waals surface area contributed by atoms with Crippen LogP contribution in [0.4, 0.5) is 11.5 Å². The number of hydrogen-bond acceptors (Lipinski definition) is 9. The number of amides is 1. The quantitative estimate of drug-likeness (QED) is 0.202. The first-order valence-corrected chi connectivity index (χ1v) is 13.3. The van der Waals surface area contributed by atoms with Crippen LogP contribution >= 0.6 is 11.5 Å². The number of hydrogen-bond donors (Lipinski definition) is 1. The average molecular weight is 534 g/mol. The third kappa shape index (κ3) is 4.82. The Balaban J connectivity index is 0.980. The Labute approximate surface area is 223 Å². The Kier molecular flexibility index (Phi) is 6.46. The zero-order valence-corrected chi connectivity index (χ0v) is 21.5. The van der Waals surface area contributed by atoms with E-state index >= 15 is 0 Å². The summed E-state index contributed by atoms with van der Waals surface area (Å²) in [7, 11) is 0. The van der Waals surface area contributed by atoms with E-state index in [4.69, 9.17) is 9.47 Å². The third-order valence-corrected chi connectivity index (χ3v) is 8.26. The van der Waals surface area contributed by atoms with E-state index in [2.05, 4.69) is 44.3 Å². The summed E-state index contributed by atoms with van der Waals surface area (Å²) >= 11 is 1.55. The summed E-state index contributed by atoms with van der Waals surface area (Å²) in [6, 6.07) is 11.2. The first-order chi connectivity index (χ1) is 18.5. The van der Waals surface area contributed by atoms with Crippen molar-refractivity contribution < 1.29 is 19.2 Å². The maximum atomic E-state index is 12.4. The lowest BCUT2D eigenvalue weighted by Crippen LogP contribution is -2.47. The van der Waals surface area contributed by atoms with Gasteiger partial charge in [-0.05, 0) is 35.8 Å². The smallest absolute Gasteiger partial charge is 0.280 e. The van der Waals surface area contributed by atoms with Gasteiger partial charge in [0.05, 0.1) is 21.3 Å². The highest BCUT2D eigenvalue weighted by atomic mass is 32.1. The molecular formula is C27H27N5O5S. The Morgan fingerprint density at radius 3 is 2.74 bits per heavy atom. The molecule has 2 fully saturated rings. The Bertz CT molecular complexity index is 1440. The van der Waals surface area contributed by atoms with Gasteiger partial charge < -0.3 is 19.7 Å². The summed E-state index contributed by atoms with van der Waals surface area (Å²) in [6.45, 7) is 9.46. The van der Waals surface area contributed by atoms with E-state index in [-0.39, 0.29) is 29.9 Å². The predicted octanol–water partition coefficient (Wildman–Crippen LogP) is 3.69. The number of carbonyl (C=O) groups is 1. The third-order valence-electron chi connectivity index (χ3n) is 7.44. The molecule has 0 unspecified atom stereocenters. The lowest BCUT2D eigenvalue weighted by atomic mass is 10.1. The van der Waals surface area contributed by atoms with Gasteiger partial charge in [0.1, 0.15) is 5.82 Å². The van der Waals surface area contributed by atoms with Gasteiger partial charge >= 0.3 is 0 Å². The molecule has 1 N–H and O–H groups in total. The van der Waals surface area contributed by atoms with Crippen LogP contribution in [0.1, 0.15) is 5.56 Å². The molecule has 10 nitrogen and oxygen atoms in total. The first kappa shape index (κ1) is 24.4. The first-order valence-electron chi connectivity index (χ1n) is 12.5. The Morgan fingerprint density at radius 1 is 1.18 bits per heavy atom. The van der Waals surface area contributed by atoms with Gasteiger partial charge in [-0.1, -0.05) is 24.3 Å². The van der Waals surface area contributed by atoms with Crippen molar-refractivity contribution >= 4 is 45.1 Å². The molecule has 3 aliphatic rings. The largest absolute Gasteiger partial charge is 0.454 e. The monoisotopic (exact) mass is 533 g/mol. The van der Waals surface area contributed by atoms with Gasteiger partial charge in [-0.2, -0.15) is 4.37 Å². The van der Waals surface area contributed by atoms with Crippen molar-refractivity contribution in [1.82, 2.24) is 14.6 Å². The second kappa shape index (κ2) is 10.1. The number of piperazine rings is 1. The van der Waals surface area contributed by atoms with E-state index in [1.165, 1.54) is 34.4 Å². The van der Waals surface area contributed by atoms with Crippen LogP contribution in [-0.4, -0.2) is 66.2 Å². The van der Waals surface area contributed by atoms with Gasteiger partial charge in [0.15, 0.2) is 11.5 Å². The molecule has 2 aliphatic heterocycles. The van der Waals surface area contributed by atoms with Gasteiger partial charge in [-0.25, -0.2) is 0 Å². The van der Waals surface area contributed by atoms with Gasteiger partial charge in [0.2, 0.25) is 12.7 Å². The fraction of sp³-hybridized carbons (Fsp3) is 0.333. The minimum absolute atomic E-state index is 0.0191. The molecule has 3 aromatic rings. The Morgan fingerprint density at radius 2 is 1.95 bits per heavy atom. The van der Waals surface area contributed by atoms with Crippen LogP contribution in [0.25, 0.3) is 16.2 Å². The zero-order valence-electron chi connectivity index (χ0n) is 20.7. The molecule has 1 saturated heterocycles. The molecule has 0 radical (unpaired) electrons. The number of nitrogens with one attached hydrogen (secondary N) is 1. The van der Waals surface area contributed by atoms with E-state index in [9.17, 15) is 14.9 Å². The lowest BCUT2D eigenvalue weighted by Gasteiger charge is -2.35. The highest BCUT2D eigenvalue weighted by Gasteiger charge is 2.43. The van der Waals surface area contributed by atoms with Crippen LogP contribution in [-0.2, 0) is 4.79 Å². The average Bonchev–Trinajstić information content (AvgIpc) is 3.28. The minimum Gasteiger partial charge on any atom is -0.454 e. The standard InChI is InChI=1S/C27H27N5O5S/c1-17-20(14-28-26(33)7-6-18-12-23-24(37-16-36-23)13-22(18)32(34)35)21(17)15-30-8-10-31(11-9-30)27-19-4-2-3-5-25(19)38-29-27/h2-7,12-13,20-21H,1,8-11,14-16H2,(H,28,33)/b7-6+/t20-,21-/m0/s1. The van der Waals surface area contributed by atoms with E-state index in [0.717, 1.165) is 44.1 Å². The molecule has 1 aromatic heterocycles. The molecule has 0 bridgehead atoms. The van der Waals surface area contributed by atoms with Crippen LogP contribution in [0.15, 0.2) is 54.6 Å². The molecule has 2 aromatic carbocycles. The van der Waals surface area contributed by atoms with E-state index in [0.29, 0.717) is 24.0 Å². The van der Waals surface area contributed by atoms with Crippen molar-refractivity contribution in [3.63, 3.8) is 0 Å². The molecule has 3 heterocycles. The fourth-order valence-corrected chi connectivity index (χ4v) is 5.95. The number of nitrogens with zero attached hydrogens (tertiary/aromatic N) is 4. The second-order valence-corrected chi connectivity index (χ2v) is 10.5. The summed E-state index contributed by atoms with van der Waals surface area (Å²) < 4.78 is 16.4. The predicted molar refractivity (Wildman–Crippen MR) is 146 cm³/mol. The van der Waals surface area contributed by atoms with E-state index in [1.54, 1.807) is 11.5 Å². The van der Waals surface area contributed by atoms with Crippen LogP contribution < -0.4 is 19.7 Å².